The first-order valence-corrected chi connectivity index (χ1v) is 8.54. The van der Waals surface area contributed by atoms with E-state index in [9.17, 15) is 4.79 Å². The number of amides is 1. The van der Waals surface area contributed by atoms with Crippen LogP contribution in [0.1, 0.15) is 5.56 Å². The molecule has 0 radical (unpaired) electrons. The summed E-state index contributed by atoms with van der Waals surface area (Å²) in [4.78, 5) is 14.6. The van der Waals surface area contributed by atoms with Crippen molar-refractivity contribution < 1.29 is 9.53 Å². The Morgan fingerprint density at radius 2 is 1.88 bits per heavy atom. The third-order valence-electron chi connectivity index (χ3n) is 3.89. The third kappa shape index (κ3) is 4.20. The molecule has 1 aliphatic rings. The fourth-order valence-corrected chi connectivity index (χ4v) is 3.07. The van der Waals surface area contributed by atoms with Crippen molar-refractivity contribution in [2.75, 3.05) is 36.5 Å². The molecule has 6 heteroatoms. The Morgan fingerprint density at radius 1 is 1.12 bits per heavy atom. The van der Waals surface area contributed by atoms with E-state index in [-0.39, 0.29) is 12.3 Å². The van der Waals surface area contributed by atoms with Gasteiger partial charge in [-0.1, -0.05) is 41.4 Å². The van der Waals surface area contributed by atoms with Gasteiger partial charge in [-0.25, -0.2) is 0 Å². The first kappa shape index (κ1) is 17.1. The summed E-state index contributed by atoms with van der Waals surface area (Å²) in [6.07, 6.45) is 0.217. The molecule has 1 N–H and O–H groups in total. The average molecular weight is 365 g/mol. The van der Waals surface area contributed by atoms with Crippen molar-refractivity contribution in [1.29, 1.82) is 0 Å². The maximum atomic E-state index is 12.4. The number of carbonyl (C=O) groups is 1. The quantitative estimate of drug-likeness (QED) is 0.890. The van der Waals surface area contributed by atoms with Crippen LogP contribution in [0.25, 0.3) is 0 Å². The molecule has 0 spiro atoms. The van der Waals surface area contributed by atoms with Crippen LogP contribution in [0.15, 0.2) is 42.5 Å². The van der Waals surface area contributed by atoms with E-state index < -0.39 is 0 Å². The second-order valence-electron chi connectivity index (χ2n) is 5.58. The first-order chi connectivity index (χ1) is 11.6. The van der Waals surface area contributed by atoms with Gasteiger partial charge in [-0.15, -0.1) is 0 Å². The lowest BCUT2D eigenvalue weighted by Crippen LogP contribution is -2.36. The predicted octanol–water partition coefficient (Wildman–Crippen LogP) is 4.01. The van der Waals surface area contributed by atoms with Crippen molar-refractivity contribution in [3.63, 3.8) is 0 Å². The molecule has 1 heterocycles. The molecule has 0 aromatic heterocycles. The van der Waals surface area contributed by atoms with E-state index in [1.54, 1.807) is 12.1 Å². The number of halogens is 2. The maximum absolute atomic E-state index is 12.4. The average Bonchev–Trinajstić information content (AvgIpc) is 2.58. The van der Waals surface area contributed by atoms with Gasteiger partial charge >= 0.3 is 0 Å². The molecule has 24 heavy (non-hydrogen) atoms. The number of carbonyl (C=O) groups excluding carboxylic acids is 1. The van der Waals surface area contributed by atoms with Gasteiger partial charge in [0.1, 0.15) is 0 Å². The summed E-state index contributed by atoms with van der Waals surface area (Å²) in [6, 6.07) is 12.9. The van der Waals surface area contributed by atoms with Crippen LogP contribution >= 0.6 is 23.2 Å². The van der Waals surface area contributed by atoms with Crippen molar-refractivity contribution in [2.24, 2.45) is 0 Å². The normalized spacial score (nSPS) is 14.5. The minimum atomic E-state index is -0.125. The highest BCUT2D eigenvalue weighted by molar-refractivity contribution is 6.31. The van der Waals surface area contributed by atoms with Crippen LogP contribution in [0.5, 0.6) is 0 Å². The van der Waals surface area contributed by atoms with Crippen LogP contribution in [0.4, 0.5) is 11.4 Å². The Hall–Kier alpha value is -1.75. The van der Waals surface area contributed by atoms with E-state index in [1.165, 1.54) is 0 Å². The number of hydrogen-bond acceptors (Lipinski definition) is 3. The van der Waals surface area contributed by atoms with Gasteiger partial charge in [0.15, 0.2) is 0 Å². The molecular weight excluding hydrogens is 347 g/mol. The molecule has 1 saturated heterocycles. The van der Waals surface area contributed by atoms with Crippen molar-refractivity contribution >= 4 is 40.5 Å². The number of benzene rings is 2. The lowest BCUT2D eigenvalue weighted by atomic mass is 10.1. The van der Waals surface area contributed by atoms with E-state index in [0.29, 0.717) is 28.9 Å². The monoisotopic (exact) mass is 364 g/mol. The van der Waals surface area contributed by atoms with Crippen LogP contribution in [0.3, 0.4) is 0 Å². The summed E-state index contributed by atoms with van der Waals surface area (Å²) in [5.74, 6) is -0.125. The van der Waals surface area contributed by atoms with Gasteiger partial charge in [0.2, 0.25) is 5.91 Å². The summed E-state index contributed by atoms with van der Waals surface area (Å²) in [5.41, 5.74) is 2.46. The lowest BCUT2D eigenvalue weighted by Gasteiger charge is -2.30. The van der Waals surface area contributed by atoms with Crippen LogP contribution < -0.4 is 10.2 Å². The molecule has 0 saturated carbocycles. The van der Waals surface area contributed by atoms with Gasteiger partial charge in [-0.2, -0.15) is 0 Å². The number of nitrogens with zero attached hydrogens (tertiary/aromatic N) is 1. The molecule has 1 amide bonds. The van der Waals surface area contributed by atoms with Gasteiger partial charge < -0.3 is 15.0 Å². The van der Waals surface area contributed by atoms with Crippen molar-refractivity contribution in [3.8, 4) is 0 Å². The van der Waals surface area contributed by atoms with Crippen LogP contribution in [0.2, 0.25) is 10.0 Å². The van der Waals surface area contributed by atoms with E-state index in [1.807, 2.05) is 30.3 Å². The smallest absolute Gasteiger partial charge is 0.228 e. The highest BCUT2D eigenvalue weighted by Crippen LogP contribution is 2.30. The van der Waals surface area contributed by atoms with E-state index >= 15 is 0 Å². The van der Waals surface area contributed by atoms with E-state index in [2.05, 4.69) is 10.2 Å². The molecule has 2 aromatic rings. The zero-order valence-corrected chi connectivity index (χ0v) is 14.6. The summed E-state index contributed by atoms with van der Waals surface area (Å²) in [6.45, 7) is 2.93. The second-order valence-corrected chi connectivity index (χ2v) is 6.42. The van der Waals surface area contributed by atoms with Gasteiger partial charge in [0, 0.05) is 23.1 Å². The van der Waals surface area contributed by atoms with Crippen LogP contribution in [-0.4, -0.2) is 32.2 Å². The molecule has 0 aliphatic carbocycles. The SMILES string of the molecule is O=C(Cc1ccccc1Cl)Nc1cc(Cl)ccc1N1CCOCC1. The third-order valence-corrected chi connectivity index (χ3v) is 4.50. The van der Waals surface area contributed by atoms with Gasteiger partial charge in [-0.05, 0) is 29.8 Å². The van der Waals surface area contributed by atoms with Crippen LogP contribution in [0, 0.1) is 0 Å². The second kappa shape index (κ2) is 7.88. The lowest BCUT2D eigenvalue weighted by molar-refractivity contribution is -0.115. The number of ether oxygens (including phenoxy) is 1. The minimum absolute atomic E-state index is 0.125. The Morgan fingerprint density at radius 3 is 2.62 bits per heavy atom. The van der Waals surface area contributed by atoms with E-state index in [0.717, 1.165) is 24.3 Å². The molecule has 1 aliphatic heterocycles. The number of morpholine rings is 1. The number of anilines is 2. The zero-order valence-electron chi connectivity index (χ0n) is 13.1. The van der Waals surface area contributed by atoms with Gasteiger partial charge in [0.25, 0.3) is 0 Å². The number of rotatable bonds is 4. The minimum Gasteiger partial charge on any atom is -0.378 e. The highest BCUT2D eigenvalue weighted by Gasteiger charge is 2.17. The summed E-state index contributed by atoms with van der Waals surface area (Å²) < 4.78 is 5.39. The predicted molar refractivity (Wildman–Crippen MR) is 98.3 cm³/mol. The van der Waals surface area contributed by atoms with Crippen molar-refractivity contribution in [3.05, 3.63) is 58.1 Å². The topological polar surface area (TPSA) is 41.6 Å². The molecule has 0 atom stereocenters. The molecule has 2 aromatic carbocycles. The molecule has 0 bridgehead atoms. The first-order valence-electron chi connectivity index (χ1n) is 7.79. The maximum Gasteiger partial charge on any atom is 0.228 e. The molecule has 0 unspecified atom stereocenters. The molecule has 3 rings (SSSR count). The number of hydrogen-bond donors (Lipinski definition) is 1. The zero-order chi connectivity index (χ0) is 16.9. The Kier molecular flexibility index (Phi) is 5.61. The molecular formula is C18H18Cl2N2O2. The standard InChI is InChI=1S/C18H18Cl2N2O2/c19-14-5-6-17(22-7-9-24-10-8-22)16(12-14)21-18(23)11-13-3-1-2-4-15(13)20/h1-6,12H,7-11H2,(H,21,23). The molecule has 126 valence electrons. The number of nitrogens with one attached hydrogen (secondary N) is 1. The fraction of sp³-hybridized carbons (Fsp3) is 0.278. The summed E-state index contributed by atoms with van der Waals surface area (Å²) in [5, 5.41) is 4.13. The largest absolute Gasteiger partial charge is 0.378 e. The van der Waals surface area contributed by atoms with E-state index in [4.69, 9.17) is 27.9 Å². The van der Waals surface area contributed by atoms with Gasteiger partial charge in [0.05, 0.1) is 31.0 Å². The van der Waals surface area contributed by atoms with Gasteiger partial charge in [-0.3, -0.25) is 4.79 Å². The summed E-state index contributed by atoms with van der Waals surface area (Å²) in [7, 11) is 0. The Balaban J connectivity index is 1.77. The highest BCUT2D eigenvalue weighted by atomic mass is 35.5. The Bertz CT molecular complexity index is 731. The van der Waals surface area contributed by atoms with Crippen molar-refractivity contribution in [2.45, 2.75) is 6.42 Å². The van der Waals surface area contributed by atoms with Crippen molar-refractivity contribution in [1.82, 2.24) is 0 Å². The summed E-state index contributed by atoms with van der Waals surface area (Å²) >= 11 is 12.2. The van der Waals surface area contributed by atoms with Crippen LogP contribution in [-0.2, 0) is 16.0 Å². The molecule has 1 fully saturated rings. The molecule has 4 nitrogen and oxygen atoms in total. The fourth-order valence-electron chi connectivity index (χ4n) is 2.70. The Labute approximate surface area is 151 Å².